The second kappa shape index (κ2) is 6.56. The van der Waals surface area contributed by atoms with Crippen LogP contribution in [-0.4, -0.2) is 28.0 Å². The minimum atomic E-state index is -1.04. The van der Waals surface area contributed by atoms with Crippen LogP contribution in [0.25, 0.3) is 0 Å². The van der Waals surface area contributed by atoms with Gasteiger partial charge >= 0.3 is 5.97 Å². The molecule has 2 aliphatic carbocycles. The van der Waals surface area contributed by atoms with Crippen molar-refractivity contribution in [3.05, 3.63) is 33.2 Å². The molecule has 1 atom stereocenters. The molecule has 23 heavy (non-hydrogen) atoms. The minimum Gasteiger partial charge on any atom is -0.480 e. The monoisotopic (exact) mass is 318 g/mol. The molecule has 0 radical (unpaired) electrons. The van der Waals surface area contributed by atoms with Gasteiger partial charge in [0.2, 0.25) is 0 Å². The number of H-pyrrole nitrogens is 1. The Morgan fingerprint density at radius 3 is 2.70 bits per heavy atom. The van der Waals surface area contributed by atoms with Gasteiger partial charge in [-0.25, -0.2) is 4.79 Å². The fourth-order valence-electron chi connectivity index (χ4n) is 3.16. The largest absolute Gasteiger partial charge is 0.480 e. The van der Waals surface area contributed by atoms with Crippen molar-refractivity contribution < 1.29 is 14.7 Å². The van der Waals surface area contributed by atoms with E-state index in [0.29, 0.717) is 12.3 Å². The molecule has 3 rings (SSSR count). The number of carbonyl (C=O) groups excluding carboxylic acids is 1. The average Bonchev–Trinajstić information content (AvgIpc) is 3.32. The number of aliphatic carboxylic acids is 1. The molecule has 2 aliphatic rings. The summed E-state index contributed by atoms with van der Waals surface area (Å²) in [4.78, 5) is 38.6. The Morgan fingerprint density at radius 1 is 1.26 bits per heavy atom. The third-order valence-corrected chi connectivity index (χ3v) is 4.70. The number of carboxylic acid groups (broad SMARTS) is 1. The van der Waals surface area contributed by atoms with E-state index in [9.17, 15) is 19.5 Å². The van der Waals surface area contributed by atoms with Crippen molar-refractivity contribution in [2.24, 2.45) is 5.92 Å². The molecule has 0 bridgehead atoms. The molecule has 1 saturated carbocycles. The minimum absolute atomic E-state index is 0.0210. The van der Waals surface area contributed by atoms with Crippen LogP contribution in [0.2, 0.25) is 0 Å². The molecule has 0 saturated heterocycles. The van der Waals surface area contributed by atoms with Gasteiger partial charge in [-0.3, -0.25) is 9.59 Å². The van der Waals surface area contributed by atoms with Gasteiger partial charge in [-0.1, -0.05) is 19.3 Å². The number of hydrogen-bond donors (Lipinski definition) is 3. The molecule has 1 unspecified atom stereocenters. The van der Waals surface area contributed by atoms with Gasteiger partial charge < -0.3 is 15.4 Å². The van der Waals surface area contributed by atoms with Crippen molar-refractivity contribution >= 4 is 11.9 Å². The molecule has 1 amide bonds. The molecule has 0 aliphatic heterocycles. The van der Waals surface area contributed by atoms with Crippen LogP contribution in [0.3, 0.4) is 0 Å². The highest BCUT2D eigenvalue weighted by atomic mass is 16.4. The molecule has 3 N–H and O–H groups in total. The van der Waals surface area contributed by atoms with Crippen molar-refractivity contribution in [3.63, 3.8) is 0 Å². The predicted molar refractivity (Wildman–Crippen MR) is 84.6 cm³/mol. The number of amides is 1. The second-order valence-electron chi connectivity index (χ2n) is 6.62. The first kappa shape index (κ1) is 15.8. The van der Waals surface area contributed by atoms with Crippen molar-refractivity contribution in [1.82, 2.24) is 10.3 Å². The number of hydrogen-bond acceptors (Lipinski definition) is 3. The highest BCUT2D eigenvalue weighted by Gasteiger charge is 2.31. The number of aromatic nitrogens is 1. The highest BCUT2D eigenvalue weighted by molar-refractivity contribution is 5.96. The maximum absolute atomic E-state index is 12.4. The SMILES string of the molecule is O=C(NC(CC1CC1)C(=O)O)c1cc2c([nH]c1=O)CCCCC2. The van der Waals surface area contributed by atoms with Crippen molar-refractivity contribution in [2.75, 3.05) is 0 Å². The van der Waals surface area contributed by atoms with E-state index in [1.54, 1.807) is 6.07 Å². The van der Waals surface area contributed by atoms with Gasteiger partial charge in [0.05, 0.1) is 0 Å². The zero-order valence-corrected chi connectivity index (χ0v) is 13.1. The third kappa shape index (κ3) is 3.81. The van der Waals surface area contributed by atoms with E-state index in [-0.39, 0.29) is 5.56 Å². The number of carboxylic acids is 1. The number of aromatic amines is 1. The third-order valence-electron chi connectivity index (χ3n) is 4.70. The van der Waals surface area contributed by atoms with Gasteiger partial charge in [0.25, 0.3) is 11.5 Å². The Bertz CT molecular complexity index is 676. The number of nitrogens with one attached hydrogen (secondary N) is 2. The summed E-state index contributed by atoms with van der Waals surface area (Å²) in [5, 5.41) is 11.8. The average molecular weight is 318 g/mol. The van der Waals surface area contributed by atoms with E-state index >= 15 is 0 Å². The molecular weight excluding hydrogens is 296 g/mol. The summed E-state index contributed by atoms with van der Waals surface area (Å²) in [5.74, 6) is -1.26. The lowest BCUT2D eigenvalue weighted by Crippen LogP contribution is -2.43. The molecule has 0 spiro atoms. The maximum Gasteiger partial charge on any atom is 0.326 e. The molecular formula is C17H22N2O4. The Balaban J connectivity index is 1.79. The number of rotatable bonds is 5. The van der Waals surface area contributed by atoms with Crippen LogP contribution in [0.1, 0.15) is 60.1 Å². The summed E-state index contributed by atoms with van der Waals surface area (Å²) in [6, 6.07) is 0.721. The van der Waals surface area contributed by atoms with Gasteiger partial charge in [-0.2, -0.15) is 0 Å². The van der Waals surface area contributed by atoms with Crippen molar-refractivity contribution in [2.45, 2.75) is 57.4 Å². The number of pyridine rings is 1. The number of fused-ring (bicyclic) bond motifs is 1. The zero-order valence-electron chi connectivity index (χ0n) is 13.1. The first-order valence-corrected chi connectivity index (χ1v) is 8.33. The summed E-state index contributed by atoms with van der Waals surface area (Å²) in [6.07, 6.45) is 7.32. The lowest BCUT2D eigenvalue weighted by atomic mass is 10.0. The second-order valence-corrected chi connectivity index (χ2v) is 6.62. The van der Waals surface area contributed by atoms with E-state index in [1.807, 2.05) is 0 Å². The summed E-state index contributed by atoms with van der Waals surface area (Å²) < 4.78 is 0. The molecule has 6 nitrogen and oxygen atoms in total. The Kier molecular flexibility index (Phi) is 4.50. The van der Waals surface area contributed by atoms with Gasteiger partial charge in [-0.15, -0.1) is 0 Å². The van der Waals surface area contributed by atoms with Crippen LogP contribution >= 0.6 is 0 Å². The first-order chi connectivity index (χ1) is 11.0. The van der Waals surface area contributed by atoms with Gasteiger partial charge in [-0.05, 0) is 49.7 Å². The summed E-state index contributed by atoms with van der Waals surface area (Å²) >= 11 is 0. The molecule has 124 valence electrons. The van der Waals surface area contributed by atoms with Crippen molar-refractivity contribution in [3.8, 4) is 0 Å². The lowest BCUT2D eigenvalue weighted by Gasteiger charge is -2.14. The molecule has 1 aromatic heterocycles. The van der Waals surface area contributed by atoms with Crippen LogP contribution in [0.5, 0.6) is 0 Å². The Morgan fingerprint density at radius 2 is 2.00 bits per heavy atom. The maximum atomic E-state index is 12.4. The zero-order chi connectivity index (χ0) is 16.4. The molecule has 6 heteroatoms. The molecule has 1 aromatic rings. The molecule has 1 fully saturated rings. The van der Waals surface area contributed by atoms with E-state index in [1.165, 1.54) is 0 Å². The van der Waals surface area contributed by atoms with Crippen molar-refractivity contribution in [1.29, 1.82) is 0 Å². The van der Waals surface area contributed by atoms with Gasteiger partial charge in [0.1, 0.15) is 11.6 Å². The van der Waals surface area contributed by atoms with Gasteiger partial charge in [0.15, 0.2) is 0 Å². The smallest absolute Gasteiger partial charge is 0.326 e. The number of aryl methyl sites for hydroxylation is 2. The normalized spacial score (nSPS) is 18.6. The Hall–Kier alpha value is -2.11. The predicted octanol–water partition coefficient (Wildman–Crippen LogP) is 1.63. The van der Waals surface area contributed by atoms with Crippen LogP contribution in [-0.2, 0) is 17.6 Å². The number of carbonyl (C=O) groups is 2. The van der Waals surface area contributed by atoms with E-state index < -0.39 is 23.5 Å². The summed E-state index contributed by atoms with van der Waals surface area (Å²) in [5.41, 5.74) is 1.50. The van der Waals surface area contributed by atoms with Crippen LogP contribution in [0.4, 0.5) is 0 Å². The Labute approximate surface area is 134 Å². The lowest BCUT2D eigenvalue weighted by molar-refractivity contribution is -0.139. The van der Waals surface area contributed by atoms with Crippen LogP contribution < -0.4 is 10.9 Å². The van der Waals surface area contributed by atoms with E-state index in [4.69, 9.17) is 0 Å². The van der Waals surface area contributed by atoms with Crippen LogP contribution in [0.15, 0.2) is 10.9 Å². The fraction of sp³-hybridized carbons (Fsp3) is 0.588. The summed E-state index contributed by atoms with van der Waals surface area (Å²) in [7, 11) is 0. The standard InChI is InChI=1S/C17H22N2O4/c20-15-12(9-11-4-2-1-3-5-13(11)18-15)16(21)19-14(17(22)23)8-10-6-7-10/h9-10,14H,1-8H2,(H,18,20)(H,19,21)(H,22,23). The molecule has 1 heterocycles. The quantitative estimate of drug-likeness (QED) is 0.718. The van der Waals surface area contributed by atoms with Crippen LogP contribution in [0, 0.1) is 5.92 Å². The first-order valence-electron chi connectivity index (χ1n) is 8.33. The summed E-state index contributed by atoms with van der Waals surface area (Å²) in [6.45, 7) is 0. The molecule has 0 aromatic carbocycles. The van der Waals surface area contributed by atoms with Gasteiger partial charge in [0, 0.05) is 5.69 Å². The fourth-order valence-corrected chi connectivity index (χ4v) is 3.16. The topological polar surface area (TPSA) is 99.3 Å². The van der Waals surface area contributed by atoms with E-state index in [0.717, 1.165) is 56.2 Å². The van der Waals surface area contributed by atoms with E-state index in [2.05, 4.69) is 10.3 Å². The highest BCUT2D eigenvalue weighted by Crippen LogP contribution is 2.33.